The Balaban J connectivity index is 2.83. The van der Waals surface area contributed by atoms with Gasteiger partial charge in [-0.15, -0.1) is 0 Å². The summed E-state index contributed by atoms with van der Waals surface area (Å²) in [6, 6.07) is 1.74. The van der Waals surface area contributed by atoms with Crippen LogP contribution in [0.4, 0.5) is 0 Å². The number of hydrogen-bond donors (Lipinski definition) is 0. The maximum Gasteiger partial charge on any atom is 0.269 e. The van der Waals surface area contributed by atoms with E-state index in [1.54, 1.807) is 22.8 Å². The highest BCUT2D eigenvalue weighted by Crippen LogP contribution is 2.29. The summed E-state index contributed by atoms with van der Waals surface area (Å²) in [6.07, 6.45) is 7.83. The largest absolute Gasteiger partial charge is 0.430 e. The van der Waals surface area contributed by atoms with E-state index in [4.69, 9.17) is 4.42 Å². The van der Waals surface area contributed by atoms with Crippen molar-refractivity contribution in [2.45, 2.75) is 25.4 Å². The quantitative estimate of drug-likeness (QED) is 0.530. The molecule has 0 radical (unpaired) electrons. The number of furan rings is 1. The molecular weight excluding hydrogens is 399 g/mol. The molecule has 110 valence electrons. The zero-order valence-electron chi connectivity index (χ0n) is 11.8. The Morgan fingerprint density at radius 3 is 2.95 bits per heavy atom. The summed E-state index contributed by atoms with van der Waals surface area (Å²) >= 11 is 2.12. The first-order chi connectivity index (χ1) is 10.2. The SMILES string of the molecule is C=C/C=C(\C=C/C)n1c(CC)nc2oc(SI)cc2c1=O. The highest BCUT2D eigenvalue weighted by molar-refractivity contribution is 14.2. The number of allylic oxidation sites excluding steroid dienone is 5. The van der Waals surface area contributed by atoms with Crippen molar-refractivity contribution in [1.82, 2.24) is 9.55 Å². The van der Waals surface area contributed by atoms with Gasteiger partial charge in [-0.3, -0.25) is 9.36 Å². The summed E-state index contributed by atoms with van der Waals surface area (Å²) in [6.45, 7) is 7.57. The van der Waals surface area contributed by atoms with Crippen molar-refractivity contribution < 1.29 is 4.42 Å². The number of nitrogens with zero attached hydrogens (tertiary/aromatic N) is 2. The van der Waals surface area contributed by atoms with E-state index in [0.717, 1.165) is 5.70 Å². The predicted molar refractivity (Wildman–Crippen MR) is 96.8 cm³/mol. The lowest BCUT2D eigenvalue weighted by molar-refractivity contribution is 0.505. The smallest absolute Gasteiger partial charge is 0.269 e. The third kappa shape index (κ3) is 3.16. The lowest BCUT2D eigenvalue weighted by Gasteiger charge is -2.11. The molecule has 0 aliphatic rings. The summed E-state index contributed by atoms with van der Waals surface area (Å²) in [5.41, 5.74) is 1.02. The van der Waals surface area contributed by atoms with Crippen LogP contribution in [0.1, 0.15) is 19.7 Å². The van der Waals surface area contributed by atoms with Crippen LogP contribution >= 0.6 is 30.1 Å². The van der Waals surface area contributed by atoms with Crippen molar-refractivity contribution in [3.8, 4) is 0 Å². The minimum absolute atomic E-state index is 0.122. The molecule has 0 fully saturated rings. The number of aryl methyl sites for hydroxylation is 1. The average Bonchev–Trinajstić information content (AvgIpc) is 2.90. The van der Waals surface area contributed by atoms with Gasteiger partial charge in [-0.05, 0) is 28.0 Å². The second-order valence-electron chi connectivity index (χ2n) is 4.21. The topological polar surface area (TPSA) is 48.0 Å². The van der Waals surface area contributed by atoms with E-state index in [1.807, 2.05) is 26.0 Å². The fourth-order valence-corrected chi connectivity index (χ4v) is 2.96. The molecule has 4 nitrogen and oxygen atoms in total. The lowest BCUT2D eigenvalue weighted by Crippen LogP contribution is -2.23. The zero-order valence-corrected chi connectivity index (χ0v) is 14.8. The molecule has 2 rings (SSSR count). The minimum Gasteiger partial charge on any atom is -0.430 e. The molecule has 6 heteroatoms. The van der Waals surface area contributed by atoms with Gasteiger partial charge in [0.05, 0.1) is 5.70 Å². The number of aromatic nitrogens is 2. The van der Waals surface area contributed by atoms with Crippen LogP contribution in [0.2, 0.25) is 0 Å². The molecule has 0 atom stereocenters. The minimum atomic E-state index is -0.122. The van der Waals surface area contributed by atoms with E-state index in [-0.39, 0.29) is 5.56 Å². The third-order valence-corrected chi connectivity index (χ3v) is 4.54. The lowest BCUT2D eigenvalue weighted by atomic mass is 10.3. The van der Waals surface area contributed by atoms with Gasteiger partial charge in [-0.2, -0.15) is 4.98 Å². The number of rotatable bonds is 5. The van der Waals surface area contributed by atoms with Crippen LogP contribution in [0.25, 0.3) is 16.8 Å². The Morgan fingerprint density at radius 2 is 2.38 bits per heavy atom. The Kier molecular flexibility index (Phi) is 5.46. The van der Waals surface area contributed by atoms with Gasteiger partial charge in [0, 0.05) is 33.7 Å². The molecule has 0 amide bonds. The van der Waals surface area contributed by atoms with Crippen molar-refractivity contribution in [2.24, 2.45) is 0 Å². The van der Waals surface area contributed by atoms with Crippen LogP contribution in [0.3, 0.4) is 0 Å². The second kappa shape index (κ2) is 7.13. The maximum absolute atomic E-state index is 12.8. The highest BCUT2D eigenvalue weighted by atomic mass is 127. The number of halogens is 1. The summed E-state index contributed by atoms with van der Waals surface area (Å²) in [7, 11) is 1.42. The summed E-state index contributed by atoms with van der Waals surface area (Å²) in [5, 5.41) is 1.17. The van der Waals surface area contributed by atoms with E-state index in [2.05, 4.69) is 32.8 Å². The normalized spacial score (nSPS) is 12.4. The van der Waals surface area contributed by atoms with E-state index < -0.39 is 0 Å². The molecule has 2 aromatic rings. The van der Waals surface area contributed by atoms with Gasteiger partial charge in [0.25, 0.3) is 5.56 Å². The van der Waals surface area contributed by atoms with Gasteiger partial charge in [-0.25, -0.2) is 0 Å². The van der Waals surface area contributed by atoms with Gasteiger partial charge in [0.2, 0.25) is 5.71 Å². The van der Waals surface area contributed by atoms with Crippen LogP contribution in [0.15, 0.2) is 51.3 Å². The molecule has 0 spiro atoms. The van der Waals surface area contributed by atoms with Crippen LogP contribution in [-0.2, 0) is 6.42 Å². The molecule has 2 aromatic heterocycles. The molecule has 0 N–H and O–H groups in total. The number of hydrogen-bond acceptors (Lipinski definition) is 4. The Hall–Kier alpha value is -1.28. The van der Waals surface area contributed by atoms with Gasteiger partial charge < -0.3 is 4.42 Å². The molecule has 0 saturated carbocycles. The maximum atomic E-state index is 12.8. The van der Waals surface area contributed by atoms with Crippen molar-refractivity contribution in [3.05, 3.63) is 53.1 Å². The van der Waals surface area contributed by atoms with Gasteiger partial charge in [0.1, 0.15) is 11.2 Å². The number of fused-ring (bicyclic) bond motifs is 1. The van der Waals surface area contributed by atoms with Crippen LogP contribution in [0, 0.1) is 0 Å². The van der Waals surface area contributed by atoms with E-state index in [1.165, 1.54) is 8.93 Å². The molecule has 0 unspecified atom stereocenters. The molecular formula is C15H15IN2O2S. The van der Waals surface area contributed by atoms with E-state index in [0.29, 0.717) is 28.4 Å². The highest BCUT2D eigenvalue weighted by Gasteiger charge is 2.15. The zero-order chi connectivity index (χ0) is 15.4. The third-order valence-electron chi connectivity index (χ3n) is 2.89. The van der Waals surface area contributed by atoms with Crippen molar-refractivity contribution in [3.63, 3.8) is 0 Å². The van der Waals surface area contributed by atoms with Crippen molar-refractivity contribution >= 4 is 46.9 Å². The Morgan fingerprint density at radius 1 is 1.62 bits per heavy atom. The first-order valence-electron chi connectivity index (χ1n) is 6.46. The first kappa shape index (κ1) is 16.1. The Bertz CT molecular complexity index is 787. The van der Waals surface area contributed by atoms with Crippen LogP contribution in [0.5, 0.6) is 0 Å². The summed E-state index contributed by atoms with van der Waals surface area (Å²) < 4.78 is 7.18. The first-order valence-corrected chi connectivity index (χ1v) is 9.82. The Labute approximate surface area is 139 Å². The molecule has 2 heterocycles. The summed E-state index contributed by atoms with van der Waals surface area (Å²) in [4.78, 5) is 17.2. The molecule has 0 aliphatic heterocycles. The van der Waals surface area contributed by atoms with Gasteiger partial charge >= 0.3 is 0 Å². The average molecular weight is 414 g/mol. The fourth-order valence-electron chi connectivity index (χ4n) is 2.04. The van der Waals surface area contributed by atoms with Gasteiger partial charge in [-0.1, -0.05) is 25.7 Å². The molecule has 0 saturated heterocycles. The van der Waals surface area contributed by atoms with Crippen molar-refractivity contribution in [1.29, 1.82) is 0 Å². The second-order valence-corrected chi connectivity index (χ2v) is 6.09. The van der Waals surface area contributed by atoms with Gasteiger partial charge in [0.15, 0.2) is 5.09 Å². The standard InChI is InChI=1S/C15H15IN2O2S/c1-4-7-10(8-5-2)18-12(6-3)17-14-11(15(18)19)9-13(20-14)21-16/h4-5,7-9H,1,6H2,2-3H3/b8-5-,10-7+. The van der Waals surface area contributed by atoms with Crippen LogP contribution in [-0.4, -0.2) is 9.55 Å². The molecule has 0 aromatic carbocycles. The predicted octanol–water partition coefficient (Wildman–Crippen LogP) is 4.60. The van der Waals surface area contributed by atoms with Crippen LogP contribution < -0.4 is 5.56 Å². The molecule has 0 bridgehead atoms. The monoisotopic (exact) mass is 414 g/mol. The summed E-state index contributed by atoms with van der Waals surface area (Å²) in [5.74, 6) is 0.665. The molecule has 0 aliphatic carbocycles. The van der Waals surface area contributed by atoms with E-state index >= 15 is 0 Å². The molecule has 21 heavy (non-hydrogen) atoms. The van der Waals surface area contributed by atoms with E-state index in [9.17, 15) is 4.79 Å². The fraction of sp³-hybridized carbons (Fsp3) is 0.200. The van der Waals surface area contributed by atoms with Crippen molar-refractivity contribution in [2.75, 3.05) is 0 Å².